The Hall–Kier alpha value is 0.170. The molecule has 0 spiro atoms. The van der Waals surface area contributed by atoms with Crippen LogP contribution in [0.5, 0.6) is 0 Å². The van der Waals surface area contributed by atoms with Crippen molar-refractivity contribution in [1.82, 2.24) is 5.32 Å². The molecule has 0 aromatic heterocycles. The van der Waals surface area contributed by atoms with Crippen LogP contribution in [0.2, 0.25) is 0 Å². The van der Waals surface area contributed by atoms with Crippen LogP contribution in [0.25, 0.3) is 0 Å². The first-order valence-corrected chi connectivity index (χ1v) is 3.68. The van der Waals surface area contributed by atoms with E-state index >= 15 is 0 Å². The third kappa shape index (κ3) is 3.91. The number of methoxy groups -OCH3 is 1. The Morgan fingerprint density at radius 3 is 2.82 bits per heavy atom. The summed E-state index contributed by atoms with van der Waals surface area (Å²) in [4.78, 5) is 0. The maximum atomic E-state index is 5.54. The molecule has 1 aliphatic rings. The van der Waals surface area contributed by atoms with E-state index in [0.29, 0.717) is 12.7 Å². The van der Waals surface area contributed by atoms with Crippen molar-refractivity contribution in [2.45, 2.75) is 19.1 Å². The molecule has 1 fully saturated rings. The van der Waals surface area contributed by atoms with Crippen LogP contribution in [0, 0.1) is 0 Å². The van der Waals surface area contributed by atoms with Crippen molar-refractivity contribution in [3.05, 3.63) is 0 Å². The van der Waals surface area contributed by atoms with Gasteiger partial charge < -0.3 is 14.8 Å². The Morgan fingerprint density at radius 1 is 1.55 bits per heavy atom. The van der Waals surface area contributed by atoms with Crippen LogP contribution < -0.4 is 5.32 Å². The Bertz CT molecular complexity index is 100. The molecule has 4 heteroatoms. The molecule has 1 rings (SSSR count). The molecule has 1 heterocycles. The highest BCUT2D eigenvalue weighted by Gasteiger charge is 2.17. The average molecular weight is 182 g/mol. The molecule has 11 heavy (non-hydrogen) atoms. The second kappa shape index (κ2) is 5.77. The summed E-state index contributed by atoms with van der Waals surface area (Å²) < 4.78 is 10.5. The summed E-state index contributed by atoms with van der Waals surface area (Å²) in [5.41, 5.74) is 0. The quantitative estimate of drug-likeness (QED) is 0.671. The van der Waals surface area contributed by atoms with E-state index in [9.17, 15) is 0 Å². The maximum Gasteiger partial charge on any atom is 0.0936 e. The predicted molar refractivity (Wildman–Crippen MR) is 46.3 cm³/mol. The molecule has 3 nitrogen and oxygen atoms in total. The third-order valence-corrected chi connectivity index (χ3v) is 1.58. The van der Waals surface area contributed by atoms with Crippen LogP contribution in [-0.4, -0.2) is 39.0 Å². The summed E-state index contributed by atoms with van der Waals surface area (Å²) in [6.07, 6.45) is 0.572. The van der Waals surface area contributed by atoms with E-state index in [4.69, 9.17) is 9.47 Å². The smallest absolute Gasteiger partial charge is 0.0936 e. The number of halogens is 1. The molecular weight excluding hydrogens is 166 g/mol. The number of hydrogen-bond donors (Lipinski definition) is 1. The van der Waals surface area contributed by atoms with Crippen LogP contribution in [0.3, 0.4) is 0 Å². The van der Waals surface area contributed by atoms with Gasteiger partial charge in [0.05, 0.1) is 18.8 Å². The summed E-state index contributed by atoms with van der Waals surface area (Å²) in [5.74, 6) is 0. The van der Waals surface area contributed by atoms with Gasteiger partial charge >= 0.3 is 0 Å². The maximum absolute atomic E-state index is 5.54. The van der Waals surface area contributed by atoms with Crippen molar-refractivity contribution < 1.29 is 9.47 Å². The lowest BCUT2D eigenvalue weighted by molar-refractivity contribution is -0.0602. The fraction of sp³-hybridized carbons (Fsp3) is 1.00. The largest absolute Gasteiger partial charge is 0.382 e. The molecule has 0 radical (unpaired) electrons. The van der Waals surface area contributed by atoms with Crippen molar-refractivity contribution in [2.75, 3.05) is 26.8 Å². The van der Waals surface area contributed by atoms with Gasteiger partial charge in [-0.15, -0.1) is 12.4 Å². The molecule has 1 N–H and O–H groups in total. The Morgan fingerprint density at radius 2 is 2.27 bits per heavy atom. The molecule has 68 valence electrons. The molecule has 0 amide bonds. The van der Waals surface area contributed by atoms with Gasteiger partial charge in [0.25, 0.3) is 0 Å². The summed E-state index contributed by atoms with van der Waals surface area (Å²) in [7, 11) is 1.70. The van der Waals surface area contributed by atoms with Gasteiger partial charge in [0, 0.05) is 20.2 Å². The van der Waals surface area contributed by atoms with Crippen LogP contribution in [-0.2, 0) is 9.47 Å². The number of rotatable bonds is 2. The van der Waals surface area contributed by atoms with E-state index in [2.05, 4.69) is 12.2 Å². The molecule has 1 aliphatic heterocycles. The summed E-state index contributed by atoms with van der Waals surface area (Å²) >= 11 is 0. The molecule has 0 saturated carbocycles. The fourth-order valence-electron chi connectivity index (χ4n) is 1.16. The minimum absolute atomic E-state index is 0. The van der Waals surface area contributed by atoms with Gasteiger partial charge in [-0.1, -0.05) is 0 Å². The van der Waals surface area contributed by atoms with Gasteiger partial charge in [0.15, 0.2) is 0 Å². The van der Waals surface area contributed by atoms with Gasteiger partial charge in [0.2, 0.25) is 0 Å². The topological polar surface area (TPSA) is 30.5 Å². The van der Waals surface area contributed by atoms with Gasteiger partial charge in [-0.05, 0) is 6.92 Å². The highest BCUT2D eigenvalue weighted by Crippen LogP contribution is 2.02. The van der Waals surface area contributed by atoms with E-state index < -0.39 is 0 Å². The zero-order chi connectivity index (χ0) is 7.40. The molecule has 0 aromatic carbocycles. The number of nitrogens with one attached hydrogen (secondary N) is 1. The van der Waals surface area contributed by atoms with E-state index in [1.165, 1.54) is 0 Å². The molecule has 0 unspecified atom stereocenters. The van der Waals surface area contributed by atoms with Gasteiger partial charge in [0.1, 0.15) is 0 Å². The fourth-order valence-corrected chi connectivity index (χ4v) is 1.16. The average Bonchev–Trinajstić information content (AvgIpc) is 1.88. The lowest BCUT2D eigenvalue weighted by Crippen LogP contribution is -2.45. The molecular formula is C7H16ClNO2. The highest BCUT2D eigenvalue weighted by molar-refractivity contribution is 5.85. The summed E-state index contributed by atoms with van der Waals surface area (Å²) in [6, 6.07) is 0. The SMILES string of the molecule is COC[C@H]1CNC[C@@H](C)O1.Cl. The normalized spacial score (nSPS) is 31.1. The van der Waals surface area contributed by atoms with E-state index in [0.717, 1.165) is 13.1 Å². The van der Waals surface area contributed by atoms with Crippen LogP contribution in [0.4, 0.5) is 0 Å². The lowest BCUT2D eigenvalue weighted by Gasteiger charge is -2.27. The van der Waals surface area contributed by atoms with E-state index in [1.807, 2.05) is 0 Å². The van der Waals surface area contributed by atoms with Gasteiger partial charge in [-0.25, -0.2) is 0 Å². The zero-order valence-corrected chi connectivity index (χ0v) is 7.82. The summed E-state index contributed by atoms with van der Waals surface area (Å²) in [6.45, 7) is 4.63. The predicted octanol–water partition coefficient (Wildman–Crippen LogP) is 0.432. The molecule has 0 aromatic rings. The molecule has 2 atom stereocenters. The molecule has 1 saturated heterocycles. The van der Waals surface area contributed by atoms with Crippen molar-refractivity contribution >= 4 is 12.4 Å². The van der Waals surface area contributed by atoms with Crippen LogP contribution in [0.1, 0.15) is 6.92 Å². The van der Waals surface area contributed by atoms with Crippen molar-refractivity contribution in [3.63, 3.8) is 0 Å². The first-order chi connectivity index (χ1) is 4.83. The van der Waals surface area contributed by atoms with Gasteiger partial charge in [-0.3, -0.25) is 0 Å². The van der Waals surface area contributed by atoms with Gasteiger partial charge in [-0.2, -0.15) is 0 Å². The Balaban J connectivity index is 0.000001000. The van der Waals surface area contributed by atoms with Crippen molar-refractivity contribution in [1.29, 1.82) is 0 Å². The van der Waals surface area contributed by atoms with Crippen molar-refractivity contribution in [2.24, 2.45) is 0 Å². The Kier molecular flexibility index (Phi) is 5.86. The number of morpholine rings is 1. The second-order valence-electron chi connectivity index (χ2n) is 2.68. The van der Waals surface area contributed by atoms with Crippen LogP contribution in [0.15, 0.2) is 0 Å². The first kappa shape index (κ1) is 11.2. The minimum Gasteiger partial charge on any atom is -0.382 e. The summed E-state index contributed by atoms with van der Waals surface area (Å²) in [5, 5.41) is 3.26. The number of ether oxygens (including phenoxy) is 2. The second-order valence-corrected chi connectivity index (χ2v) is 2.68. The van der Waals surface area contributed by atoms with E-state index in [1.54, 1.807) is 7.11 Å². The van der Waals surface area contributed by atoms with Crippen molar-refractivity contribution in [3.8, 4) is 0 Å². The molecule has 0 bridgehead atoms. The Labute approximate surface area is 73.9 Å². The lowest BCUT2D eigenvalue weighted by atomic mass is 10.2. The monoisotopic (exact) mass is 181 g/mol. The van der Waals surface area contributed by atoms with Crippen LogP contribution >= 0.6 is 12.4 Å². The highest BCUT2D eigenvalue weighted by atomic mass is 35.5. The first-order valence-electron chi connectivity index (χ1n) is 3.68. The standard InChI is InChI=1S/C7H15NO2.ClH/c1-6-3-8-4-7(10-6)5-9-2;/h6-8H,3-5H2,1-2H3;1H/t6-,7-;/m1./s1. The van der Waals surface area contributed by atoms with E-state index in [-0.39, 0.29) is 18.5 Å². The third-order valence-electron chi connectivity index (χ3n) is 1.58. The minimum atomic E-state index is 0. The molecule has 0 aliphatic carbocycles. The number of hydrogen-bond acceptors (Lipinski definition) is 3. The zero-order valence-electron chi connectivity index (χ0n) is 7.00.